The summed E-state index contributed by atoms with van der Waals surface area (Å²) in [7, 11) is 0. The maximum atomic E-state index is 2.36. The van der Waals surface area contributed by atoms with Crippen molar-refractivity contribution in [3.63, 3.8) is 0 Å². The Morgan fingerprint density at radius 1 is 0.600 bits per heavy atom. The van der Waals surface area contributed by atoms with Crippen LogP contribution < -0.4 is 0 Å². The van der Waals surface area contributed by atoms with Gasteiger partial charge in [0.2, 0.25) is 0 Å². The first-order valence-electron chi connectivity index (χ1n) is 9.86. The first kappa shape index (κ1) is 14.9. The summed E-state index contributed by atoms with van der Waals surface area (Å²) in [5.41, 5.74) is 0. The van der Waals surface area contributed by atoms with Crippen LogP contribution in [0.2, 0.25) is 0 Å². The van der Waals surface area contributed by atoms with Gasteiger partial charge in [0, 0.05) is 0 Å². The van der Waals surface area contributed by atoms with E-state index in [2.05, 4.69) is 6.92 Å². The van der Waals surface area contributed by atoms with E-state index in [0.717, 1.165) is 29.6 Å². The Kier molecular flexibility index (Phi) is 5.46. The molecule has 0 saturated heterocycles. The summed E-state index contributed by atoms with van der Waals surface area (Å²) in [4.78, 5) is 0. The van der Waals surface area contributed by atoms with Gasteiger partial charge >= 0.3 is 0 Å². The lowest BCUT2D eigenvalue weighted by atomic mass is 9.68. The van der Waals surface area contributed by atoms with Gasteiger partial charge in [-0.2, -0.15) is 0 Å². The van der Waals surface area contributed by atoms with Gasteiger partial charge in [0.05, 0.1) is 0 Å². The fourth-order valence-electron chi connectivity index (χ4n) is 5.91. The van der Waals surface area contributed by atoms with Crippen molar-refractivity contribution in [2.24, 2.45) is 29.6 Å². The third kappa shape index (κ3) is 3.60. The van der Waals surface area contributed by atoms with Crippen LogP contribution in [0.15, 0.2) is 0 Å². The van der Waals surface area contributed by atoms with Crippen LogP contribution in [0.4, 0.5) is 0 Å². The summed E-state index contributed by atoms with van der Waals surface area (Å²) in [6, 6.07) is 0. The van der Waals surface area contributed by atoms with E-state index in [1.807, 2.05) is 0 Å². The number of rotatable bonds is 4. The minimum Gasteiger partial charge on any atom is -0.0654 e. The SMILES string of the molecule is CCCC1CCC(C2CCC(C3CCCCC3)CC2)C1. The largest absolute Gasteiger partial charge is 0.0654 e. The molecule has 20 heavy (non-hydrogen) atoms. The van der Waals surface area contributed by atoms with Crippen LogP contribution in [-0.4, -0.2) is 0 Å². The highest BCUT2D eigenvalue weighted by atomic mass is 14.4. The monoisotopic (exact) mass is 276 g/mol. The van der Waals surface area contributed by atoms with Crippen molar-refractivity contribution in [3.05, 3.63) is 0 Å². The molecule has 2 atom stereocenters. The highest BCUT2D eigenvalue weighted by Gasteiger charge is 2.34. The summed E-state index contributed by atoms with van der Waals surface area (Å²) in [5.74, 6) is 5.59. The van der Waals surface area contributed by atoms with Gasteiger partial charge in [0.25, 0.3) is 0 Å². The summed E-state index contributed by atoms with van der Waals surface area (Å²) in [6.45, 7) is 2.36. The first-order chi connectivity index (χ1) is 9.86. The maximum Gasteiger partial charge on any atom is -0.0383 e. The minimum atomic E-state index is 1.10. The van der Waals surface area contributed by atoms with E-state index >= 15 is 0 Å². The third-order valence-electron chi connectivity index (χ3n) is 7.08. The molecule has 2 unspecified atom stereocenters. The molecule has 0 radical (unpaired) electrons. The molecule has 0 heteroatoms. The molecule has 0 amide bonds. The van der Waals surface area contributed by atoms with E-state index < -0.39 is 0 Å². The average molecular weight is 277 g/mol. The number of hydrogen-bond acceptors (Lipinski definition) is 0. The van der Waals surface area contributed by atoms with Gasteiger partial charge in [0.15, 0.2) is 0 Å². The van der Waals surface area contributed by atoms with Crippen LogP contribution in [0.5, 0.6) is 0 Å². The van der Waals surface area contributed by atoms with E-state index in [4.69, 9.17) is 0 Å². The highest BCUT2D eigenvalue weighted by molar-refractivity contribution is 4.86. The molecular formula is C20H36. The quantitative estimate of drug-likeness (QED) is 0.543. The second-order valence-electron chi connectivity index (χ2n) is 8.30. The Bertz CT molecular complexity index is 268. The molecule has 0 nitrogen and oxygen atoms in total. The predicted molar refractivity (Wildman–Crippen MR) is 87.8 cm³/mol. The van der Waals surface area contributed by atoms with Crippen LogP contribution in [0.3, 0.4) is 0 Å². The molecule has 0 aromatic carbocycles. The van der Waals surface area contributed by atoms with Gasteiger partial charge in [-0.1, -0.05) is 58.3 Å². The minimum absolute atomic E-state index is 1.10. The van der Waals surface area contributed by atoms with Gasteiger partial charge < -0.3 is 0 Å². The lowest BCUT2D eigenvalue weighted by molar-refractivity contribution is 0.139. The van der Waals surface area contributed by atoms with Crippen molar-refractivity contribution in [2.75, 3.05) is 0 Å². The zero-order valence-electron chi connectivity index (χ0n) is 13.8. The zero-order valence-corrected chi connectivity index (χ0v) is 13.8. The zero-order chi connectivity index (χ0) is 13.8. The van der Waals surface area contributed by atoms with E-state index in [0.29, 0.717) is 0 Å². The van der Waals surface area contributed by atoms with Gasteiger partial charge in [-0.25, -0.2) is 0 Å². The van der Waals surface area contributed by atoms with Gasteiger partial charge in [-0.3, -0.25) is 0 Å². The smallest absolute Gasteiger partial charge is 0.0383 e. The summed E-state index contributed by atoms with van der Waals surface area (Å²) in [5, 5.41) is 0. The standard InChI is InChI=1S/C20H36/c1-2-6-16-9-10-20(15-16)19-13-11-18(12-14-19)17-7-4-3-5-8-17/h16-20H,2-15H2,1H3. The molecule has 3 fully saturated rings. The molecular weight excluding hydrogens is 240 g/mol. The van der Waals surface area contributed by atoms with Gasteiger partial charge in [0.1, 0.15) is 0 Å². The normalized spacial score (nSPS) is 40.0. The Hall–Kier alpha value is 0. The van der Waals surface area contributed by atoms with E-state index in [-0.39, 0.29) is 0 Å². The fraction of sp³-hybridized carbons (Fsp3) is 1.00. The van der Waals surface area contributed by atoms with Crippen molar-refractivity contribution >= 4 is 0 Å². The molecule has 3 rings (SSSR count). The van der Waals surface area contributed by atoms with Crippen LogP contribution >= 0.6 is 0 Å². The molecule has 0 aromatic rings. The molecule has 3 aliphatic rings. The number of hydrogen-bond donors (Lipinski definition) is 0. The Morgan fingerprint density at radius 2 is 1.15 bits per heavy atom. The molecule has 0 aromatic heterocycles. The second-order valence-corrected chi connectivity index (χ2v) is 8.30. The Labute approximate surface area is 127 Å². The molecule has 3 aliphatic carbocycles. The molecule has 0 bridgehead atoms. The third-order valence-corrected chi connectivity index (χ3v) is 7.08. The maximum absolute atomic E-state index is 2.36. The Morgan fingerprint density at radius 3 is 1.80 bits per heavy atom. The van der Waals surface area contributed by atoms with Crippen molar-refractivity contribution in [2.45, 2.75) is 96.8 Å². The average Bonchev–Trinajstić information content (AvgIpc) is 2.97. The van der Waals surface area contributed by atoms with Gasteiger partial charge in [-0.15, -0.1) is 0 Å². The topological polar surface area (TPSA) is 0 Å². The van der Waals surface area contributed by atoms with Crippen LogP contribution in [0.25, 0.3) is 0 Å². The lowest BCUT2D eigenvalue weighted by Gasteiger charge is -2.37. The van der Waals surface area contributed by atoms with E-state index in [9.17, 15) is 0 Å². The predicted octanol–water partition coefficient (Wildman–Crippen LogP) is 6.59. The van der Waals surface area contributed by atoms with Crippen molar-refractivity contribution in [1.29, 1.82) is 0 Å². The second kappa shape index (κ2) is 7.32. The molecule has 0 spiro atoms. The molecule has 0 heterocycles. The summed E-state index contributed by atoms with van der Waals surface area (Å²) >= 11 is 0. The van der Waals surface area contributed by atoms with Crippen LogP contribution in [0, 0.1) is 29.6 Å². The first-order valence-corrected chi connectivity index (χ1v) is 9.86. The van der Waals surface area contributed by atoms with Gasteiger partial charge in [-0.05, 0) is 68.1 Å². The van der Waals surface area contributed by atoms with Crippen molar-refractivity contribution < 1.29 is 0 Å². The highest BCUT2D eigenvalue weighted by Crippen LogP contribution is 2.46. The Balaban J connectivity index is 1.42. The van der Waals surface area contributed by atoms with Crippen molar-refractivity contribution in [3.8, 4) is 0 Å². The lowest BCUT2D eigenvalue weighted by Crippen LogP contribution is -2.26. The van der Waals surface area contributed by atoms with E-state index in [1.165, 1.54) is 32.1 Å². The fourth-order valence-corrected chi connectivity index (χ4v) is 5.91. The molecule has 0 N–H and O–H groups in total. The molecule has 0 aliphatic heterocycles. The molecule has 3 saturated carbocycles. The summed E-state index contributed by atoms with van der Waals surface area (Å²) in [6.07, 6.45) is 21.7. The molecule has 116 valence electrons. The van der Waals surface area contributed by atoms with E-state index in [1.54, 1.807) is 57.8 Å². The summed E-state index contributed by atoms with van der Waals surface area (Å²) < 4.78 is 0. The van der Waals surface area contributed by atoms with Crippen molar-refractivity contribution in [1.82, 2.24) is 0 Å². The van der Waals surface area contributed by atoms with Crippen LogP contribution in [0.1, 0.15) is 96.8 Å². The van der Waals surface area contributed by atoms with Crippen LogP contribution in [-0.2, 0) is 0 Å².